The summed E-state index contributed by atoms with van der Waals surface area (Å²) in [5.74, 6) is -0.788. The summed E-state index contributed by atoms with van der Waals surface area (Å²) in [5.41, 5.74) is 1.57. The molecular weight excluding hydrogens is 349 g/mol. The van der Waals surface area contributed by atoms with Crippen LogP contribution in [0.5, 0.6) is 0 Å². The van der Waals surface area contributed by atoms with Crippen LogP contribution >= 0.6 is 23.2 Å². The van der Waals surface area contributed by atoms with Crippen LogP contribution < -0.4 is 5.32 Å². The van der Waals surface area contributed by atoms with Crippen LogP contribution in [0, 0.1) is 0 Å². The van der Waals surface area contributed by atoms with Gasteiger partial charge in [-0.25, -0.2) is 4.79 Å². The molecule has 0 saturated carbocycles. The SMILES string of the molecule is COC(=O)[C@H](Cc1ccc(Cl)cc1Cl)NC(=O)Cc1ccccc1. The molecule has 0 bridgehead atoms. The number of ether oxygens (including phenoxy) is 1. The van der Waals surface area contributed by atoms with Crippen LogP contribution in [0.2, 0.25) is 10.0 Å². The third-order valence-electron chi connectivity index (χ3n) is 3.47. The highest BCUT2D eigenvalue weighted by Gasteiger charge is 2.23. The van der Waals surface area contributed by atoms with E-state index >= 15 is 0 Å². The van der Waals surface area contributed by atoms with Crippen molar-refractivity contribution in [3.63, 3.8) is 0 Å². The lowest BCUT2D eigenvalue weighted by molar-refractivity contribution is -0.145. The Kier molecular flexibility index (Phi) is 6.64. The van der Waals surface area contributed by atoms with Crippen LogP contribution in [-0.2, 0) is 27.2 Å². The van der Waals surface area contributed by atoms with Crippen LogP contribution in [0.3, 0.4) is 0 Å². The van der Waals surface area contributed by atoms with Gasteiger partial charge in [0.2, 0.25) is 5.91 Å². The monoisotopic (exact) mass is 365 g/mol. The molecule has 0 radical (unpaired) electrons. The van der Waals surface area contributed by atoms with Crippen LogP contribution in [0.15, 0.2) is 48.5 Å². The average Bonchev–Trinajstić information content (AvgIpc) is 2.56. The summed E-state index contributed by atoms with van der Waals surface area (Å²) >= 11 is 12.0. The van der Waals surface area contributed by atoms with Gasteiger partial charge in [0.1, 0.15) is 6.04 Å². The first-order valence-corrected chi connectivity index (χ1v) is 8.10. The molecule has 24 heavy (non-hydrogen) atoms. The number of halogens is 2. The Balaban J connectivity index is 2.08. The minimum Gasteiger partial charge on any atom is -0.467 e. The maximum Gasteiger partial charge on any atom is 0.328 e. The first kappa shape index (κ1) is 18.3. The Morgan fingerprint density at radius 2 is 1.83 bits per heavy atom. The smallest absolute Gasteiger partial charge is 0.328 e. The quantitative estimate of drug-likeness (QED) is 0.797. The molecule has 2 rings (SSSR count). The van der Waals surface area contributed by atoms with E-state index in [-0.39, 0.29) is 18.7 Å². The second-order valence-electron chi connectivity index (χ2n) is 5.25. The van der Waals surface area contributed by atoms with Gasteiger partial charge in [-0.3, -0.25) is 4.79 Å². The largest absolute Gasteiger partial charge is 0.467 e. The van der Waals surface area contributed by atoms with E-state index in [0.717, 1.165) is 5.56 Å². The number of carbonyl (C=O) groups excluding carboxylic acids is 2. The van der Waals surface area contributed by atoms with Crippen molar-refractivity contribution in [2.75, 3.05) is 7.11 Å². The molecule has 1 amide bonds. The van der Waals surface area contributed by atoms with Crippen LogP contribution in [-0.4, -0.2) is 25.0 Å². The number of hydrogen-bond donors (Lipinski definition) is 1. The average molecular weight is 366 g/mol. The number of carbonyl (C=O) groups is 2. The van der Waals surface area contributed by atoms with E-state index in [4.69, 9.17) is 27.9 Å². The van der Waals surface area contributed by atoms with Gasteiger partial charge in [-0.2, -0.15) is 0 Å². The summed E-state index contributed by atoms with van der Waals surface area (Å²) in [4.78, 5) is 24.2. The highest BCUT2D eigenvalue weighted by atomic mass is 35.5. The van der Waals surface area contributed by atoms with Gasteiger partial charge in [-0.1, -0.05) is 59.6 Å². The van der Waals surface area contributed by atoms with Crippen molar-refractivity contribution < 1.29 is 14.3 Å². The highest BCUT2D eigenvalue weighted by molar-refractivity contribution is 6.35. The molecule has 1 N–H and O–H groups in total. The number of nitrogens with one attached hydrogen (secondary N) is 1. The van der Waals surface area contributed by atoms with E-state index in [1.54, 1.807) is 18.2 Å². The number of methoxy groups -OCH3 is 1. The van der Waals surface area contributed by atoms with Gasteiger partial charge >= 0.3 is 5.97 Å². The van der Waals surface area contributed by atoms with Crippen molar-refractivity contribution in [3.8, 4) is 0 Å². The molecule has 2 aromatic carbocycles. The zero-order valence-corrected chi connectivity index (χ0v) is 14.6. The van der Waals surface area contributed by atoms with Crippen molar-refractivity contribution in [3.05, 3.63) is 69.7 Å². The molecule has 0 unspecified atom stereocenters. The minimum absolute atomic E-state index is 0.183. The van der Waals surface area contributed by atoms with E-state index in [9.17, 15) is 9.59 Å². The van der Waals surface area contributed by atoms with Crippen LogP contribution in [0.4, 0.5) is 0 Å². The van der Waals surface area contributed by atoms with Gasteiger partial charge in [-0.05, 0) is 23.3 Å². The fourth-order valence-electron chi connectivity index (χ4n) is 2.27. The molecule has 0 aliphatic heterocycles. The molecule has 2 aromatic rings. The number of benzene rings is 2. The van der Waals surface area contributed by atoms with E-state index in [1.807, 2.05) is 30.3 Å². The molecule has 0 spiro atoms. The van der Waals surface area contributed by atoms with E-state index in [2.05, 4.69) is 5.32 Å². The maximum absolute atomic E-state index is 12.2. The predicted octanol–water partition coefficient (Wildman–Crippen LogP) is 3.44. The predicted molar refractivity (Wildman–Crippen MR) is 94.3 cm³/mol. The summed E-state index contributed by atoms with van der Waals surface area (Å²) in [6.45, 7) is 0. The Morgan fingerprint density at radius 3 is 2.46 bits per heavy atom. The number of amides is 1. The first-order chi connectivity index (χ1) is 11.5. The number of esters is 1. The molecule has 0 aliphatic rings. The molecule has 0 saturated heterocycles. The van der Waals surface area contributed by atoms with Crippen LogP contribution in [0.25, 0.3) is 0 Å². The normalized spacial score (nSPS) is 11.6. The Bertz CT molecular complexity index is 719. The van der Waals surface area contributed by atoms with Gasteiger partial charge in [0.05, 0.1) is 13.5 Å². The maximum atomic E-state index is 12.2. The third kappa shape index (κ3) is 5.25. The van der Waals surface area contributed by atoms with Crippen molar-refractivity contribution in [2.45, 2.75) is 18.9 Å². The summed E-state index contributed by atoms with van der Waals surface area (Å²) in [6, 6.07) is 13.5. The van der Waals surface area contributed by atoms with Crippen LogP contribution in [0.1, 0.15) is 11.1 Å². The fraction of sp³-hybridized carbons (Fsp3) is 0.222. The molecule has 126 valence electrons. The van der Waals surface area contributed by atoms with Gasteiger partial charge in [0, 0.05) is 16.5 Å². The number of rotatable bonds is 6. The van der Waals surface area contributed by atoms with Gasteiger partial charge in [0.15, 0.2) is 0 Å². The van der Waals surface area contributed by atoms with E-state index in [1.165, 1.54) is 7.11 Å². The van der Waals surface area contributed by atoms with Gasteiger partial charge in [0.25, 0.3) is 0 Å². The fourth-order valence-corrected chi connectivity index (χ4v) is 2.75. The van der Waals surface area contributed by atoms with Crippen molar-refractivity contribution in [1.29, 1.82) is 0 Å². The third-order valence-corrected chi connectivity index (χ3v) is 4.05. The molecule has 0 aliphatic carbocycles. The zero-order chi connectivity index (χ0) is 17.5. The van der Waals surface area contributed by atoms with E-state index in [0.29, 0.717) is 15.6 Å². The standard InChI is InChI=1S/C18H17Cl2NO3/c1-24-18(23)16(10-13-7-8-14(19)11-15(13)20)21-17(22)9-12-5-3-2-4-6-12/h2-8,11,16H,9-10H2,1H3,(H,21,22)/t16-/m0/s1. The van der Waals surface area contributed by atoms with Crippen molar-refractivity contribution in [2.24, 2.45) is 0 Å². The number of hydrogen-bond acceptors (Lipinski definition) is 3. The Labute approximate surface area is 150 Å². The lowest BCUT2D eigenvalue weighted by Crippen LogP contribution is -2.43. The molecule has 0 fully saturated rings. The Morgan fingerprint density at radius 1 is 1.12 bits per heavy atom. The summed E-state index contributed by atoms with van der Waals surface area (Å²) in [5, 5.41) is 3.65. The molecule has 4 nitrogen and oxygen atoms in total. The summed E-state index contributed by atoms with van der Waals surface area (Å²) in [6.07, 6.45) is 0.409. The lowest BCUT2D eigenvalue weighted by atomic mass is 10.0. The topological polar surface area (TPSA) is 55.4 Å². The molecular formula is C18H17Cl2NO3. The zero-order valence-electron chi connectivity index (χ0n) is 13.1. The van der Waals surface area contributed by atoms with Crippen molar-refractivity contribution >= 4 is 35.1 Å². The second kappa shape index (κ2) is 8.71. The van der Waals surface area contributed by atoms with Crippen molar-refractivity contribution in [1.82, 2.24) is 5.32 Å². The van der Waals surface area contributed by atoms with Gasteiger partial charge in [-0.15, -0.1) is 0 Å². The Hall–Kier alpha value is -2.04. The molecule has 6 heteroatoms. The lowest BCUT2D eigenvalue weighted by Gasteiger charge is -2.17. The van der Waals surface area contributed by atoms with Gasteiger partial charge < -0.3 is 10.1 Å². The molecule has 0 heterocycles. The highest BCUT2D eigenvalue weighted by Crippen LogP contribution is 2.22. The minimum atomic E-state index is -0.815. The first-order valence-electron chi connectivity index (χ1n) is 7.34. The summed E-state index contributed by atoms with van der Waals surface area (Å²) in [7, 11) is 1.28. The summed E-state index contributed by atoms with van der Waals surface area (Å²) < 4.78 is 4.78. The molecule has 0 aromatic heterocycles. The molecule has 1 atom stereocenters. The second-order valence-corrected chi connectivity index (χ2v) is 6.09. The van der Waals surface area contributed by atoms with E-state index < -0.39 is 12.0 Å².